The van der Waals surface area contributed by atoms with Crippen LogP contribution in [0.25, 0.3) is 0 Å². The molecule has 0 radical (unpaired) electrons. The van der Waals surface area contributed by atoms with E-state index in [-0.39, 0.29) is 0 Å². The predicted octanol–water partition coefficient (Wildman–Crippen LogP) is 1.81. The maximum atomic E-state index is 5.66. The molecule has 1 aromatic rings. The summed E-state index contributed by atoms with van der Waals surface area (Å²) in [4.78, 5) is 4.24. The van der Waals surface area contributed by atoms with Crippen LogP contribution in [-0.2, 0) is 0 Å². The van der Waals surface area contributed by atoms with E-state index in [4.69, 9.17) is 5.73 Å². The summed E-state index contributed by atoms with van der Waals surface area (Å²) in [5.74, 6) is 0. The van der Waals surface area contributed by atoms with Gasteiger partial charge in [0.25, 0.3) is 0 Å². The molecule has 0 saturated heterocycles. The Bertz CT molecular complexity index is 269. The van der Waals surface area contributed by atoms with Gasteiger partial charge in [0, 0.05) is 17.5 Å². The second kappa shape index (κ2) is 3.32. The highest BCUT2D eigenvalue weighted by Gasteiger charge is 2.26. The molecular weight excluding hydrogens is 238 g/mol. The zero-order chi connectivity index (χ0) is 8.55. The predicted molar refractivity (Wildman–Crippen MR) is 54.4 cm³/mol. The summed E-state index contributed by atoms with van der Waals surface area (Å²) in [5.41, 5.74) is 5.66. The first-order valence-electron chi connectivity index (χ1n) is 3.87. The van der Waals surface area contributed by atoms with Crippen molar-refractivity contribution < 1.29 is 0 Å². The molecule has 0 spiro atoms. The second-order valence-electron chi connectivity index (χ2n) is 3.05. The van der Waals surface area contributed by atoms with E-state index in [2.05, 4.69) is 26.2 Å². The summed E-state index contributed by atoms with van der Waals surface area (Å²) in [6.45, 7) is 0. The number of halogens is 1. The lowest BCUT2D eigenvalue weighted by atomic mass is 9.88. The minimum absolute atomic E-state index is 0.394. The summed E-state index contributed by atoms with van der Waals surface area (Å²) in [6.07, 6.45) is 2.13. The highest BCUT2D eigenvalue weighted by molar-refractivity contribution is 9.10. The third kappa shape index (κ3) is 1.78. The van der Waals surface area contributed by atoms with Crippen LogP contribution in [0.5, 0.6) is 0 Å². The number of hydrogen-bond donors (Lipinski definition) is 2. The molecule has 1 aliphatic rings. The van der Waals surface area contributed by atoms with Crippen molar-refractivity contribution in [1.82, 2.24) is 4.98 Å². The van der Waals surface area contributed by atoms with Crippen molar-refractivity contribution in [2.45, 2.75) is 24.9 Å². The molecule has 3 nitrogen and oxygen atoms in total. The van der Waals surface area contributed by atoms with Gasteiger partial charge in [-0.2, -0.15) is 0 Å². The summed E-state index contributed by atoms with van der Waals surface area (Å²) < 4.78 is 0.902. The molecular formula is C7H10BrN3S. The van der Waals surface area contributed by atoms with Crippen LogP contribution in [0.15, 0.2) is 9.98 Å². The summed E-state index contributed by atoms with van der Waals surface area (Å²) >= 11 is 4.93. The zero-order valence-electron chi connectivity index (χ0n) is 6.46. The van der Waals surface area contributed by atoms with Gasteiger partial charge in [-0.05, 0) is 28.8 Å². The maximum absolute atomic E-state index is 5.66. The molecule has 2 rings (SSSR count). The molecule has 0 unspecified atom stereocenters. The number of hydrogen-bond acceptors (Lipinski definition) is 4. The van der Waals surface area contributed by atoms with E-state index >= 15 is 0 Å². The first-order chi connectivity index (χ1) is 5.74. The van der Waals surface area contributed by atoms with Gasteiger partial charge in [0.15, 0.2) is 5.13 Å². The van der Waals surface area contributed by atoms with E-state index in [9.17, 15) is 0 Å². The highest BCUT2D eigenvalue weighted by atomic mass is 79.9. The van der Waals surface area contributed by atoms with Gasteiger partial charge in [0.2, 0.25) is 0 Å². The Morgan fingerprint density at radius 3 is 2.92 bits per heavy atom. The molecule has 1 aromatic heterocycles. The van der Waals surface area contributed by atoms with Crippen molar-refractivity contribution >= 4 is 32.4 Å². The zero-order valence-corrected chi connectivity index (χ0v) is 8.86. The molecule has 0 amide bonds. The molecule has 0 atom stereocenters. The van der Waals surface area contributed by atoms with Gasteiger partial charge >= 0.3 is 0 Å². The lowest BCUT2D eigenvalue weighted by molar-refractivity contribution is 0.373. The third-order valence-electron chi connectivity index (χ3n) is 1.98. The number of anilines is 1. The molecule has 66 valence electrons. The summed E-state index contributed by atoms with van der Waals surface area (Å²) in [6, 6.07) is 0.934. The largest absolute Gasteiger partial charge is 0.359 e. The lowest BCUT2D eigenvalue weighted by Gasteiger charge is -2.32. The summed E-state index contributed by atoms with van der Waals surface area (Å²) in [5, 5.41) is 6.29. The fourth-order valence-electron chi connectivity index (χ4n) is 1.27. The van der Waals surface area contributed by atoms with Crippen molar-refractivity contribution in [3.63, 3.8) is 0 Å². The Hall–Kier alpha value is -0.130. The Morgan fingerprint density at radius 2 is 2.42 bits per heavy atom. The van der Waals surface area contributed by atoms with Crippen molar-refractivity contribution in [2.75, 3.05) is 5.32 Å². The van der Waals surface area contributed by atoms with Crippen molar-refractivity contribution in [1.29, 1.82) is 0 Å². The Kier molecular flexibility index (Phi) is 2.34. The van der Waals surface area contributed by atoms with Gasteiger partial charge in [-0.25, -0.2) is 4.98 Å². The van der Waals surface area contributed by atoms with Gasteiger partial charge in [-0.1, -0.05) is 0 Å². The normalized spacial score (nSPS) is 28.2. The molecule has 1 saturated carbocycles. The number of aromatic nitrogens is 1. The Balaban J connectivity index is 1.88. The molecule has 0 bridgehead atoms. The van der Waals surface area contributed by atoms with Crippen molar-refractivity contribution in [3.8, 4) is 0 Å². The van der Waals surface area contributed by atoms with Crippen LogP contribution in [0.1, 0.15) is 12.8 Å². The van der Waals surface area contributed by atoms with E-state index in [1.54, 1.807) is 11.3 Å². The molecule has 1 fully saturated rings. The van der Waals surface area contributed by atoms with Gasteiger partial charge in [-0.15, -0.1) is 11.3 Å². The average molecular weight is 248 g/mol. The molecule has 3 N–H and O–H groups in total. The number of rotatable bonds is 2. The van der Waals surface area contributed by atoms with Crippen LogP contribution in [-0.4, -0.2) is 17.1 Å². The van der Waals surface area contributed by atoms with Crippen molar-refractivity contribution in [2.24, 2.45) is 5.73 Å². The van der Waals surface area contributed by atoms with Crippen LogP contribution in [0.3, 0.4) is 0 Å². The smallest absolute Gasteiger partial charge is 0.183 e. The molecule has 0 aliphatic heterocycles. The van der Waals surface area contributed by atoms with E-state index in [1.807, 2.05) is 5.38 Å². The third-order valence-corrected chi connectivity index (χ3v) is 3.46. The van der Waals surface area contributed by atoms with Crippen LogP contribution in [0.4, 0.5) is 5.13 Å². The number of nitrogens with zero attached hydrogens (tertiary/aromatic N) is 1. The number of nitrogens with two attached hydrogens (primary N) is 1. The monoisotopic (exact) mass is 247 g/mol. The van der Waals surface area contributed by atoms with E-state index in [0.29, 0.717) is 12.1 Å². The van der Waals surface area contributed by atoms with E-state index in [1.165, 1.54) is 0 Å². The van der Waals surface area contributed by atoms with Crippen molar-refractivity contribution in [3.05, 3.63) is 9.98 Å². The van der Waals surface area contributed by atoms with Crippen LogP contribution >= 0.6 is 27.3 Å². The van der Waals surface area contributed by atoms with Crippen LogP contribution in [0, 0.1) is 0 Å². The highest BCUT2D eigenvalue weighted by Crippen LogP contribution is 2.25. The molecule has 0 aromatic carbocycles. The van der Waals surface area contributed by atoms with E-state index < -0.39 is 0 Å². The molecule has 1 aliphatic carbocycles. The second-order valence-corrected chi connectivity index (χ2v) is 4.72. The molecule has 5 heteroatoms. The van der Waals surface area contributed by atoms with Gasteiger partial charge in [0.05, 0.1) is 0 Å². The minimum atomic E-state index is 0.394. The fraction of sp³-hybridized carbons (Fsp3) is 0.571. The number of thiazole rings is 1. The topological polar surface area (TPSA) is 50.9 Å². The quantitative estimate of drug-likeness (QED) is 0.839. The van der Waals surface area contributed by atoms with Gasteiger partial charge < -0.3 is 11.1 Å². The summed E-state index contributed by atoms with van der Waals surface area (Å²) in [7, 11) is 0. The minimum Gasteiger partial charge on any atom is -0.359 e. The van der Waals surface area contributed by atoms with Crippen LogP contribution < -0.4 is 11.1 Å². The molecule has 1 heterocycles. The first kappa shape index (κ1) is 8.47. The Morgan fingerprint density at radius 1 is 1.67 bits per heavy atom. The van der Waals surface area contributed by atoms with Gasteiger partial charge in [0.1, 0.15) is 4.60 Å². The average Bonchev–Trinajstić information content (AvgIpc) is 2.33. The number of nitrogens with one attached hydrogen (secondary N) is 1. The lowest BCUT2D eigenvalue weighted by Crippen LogP contribution is -2.44. The maximum Gasteiger partial charge on any atom is 0.183 e. The fourth-order valence-corrected chi connectivity index (χ4v) is 2.50. The molecule has 12 heavy (non-hydrogen) atoms. The first-order valence-corrected chi connectivity index (χ1v) is 5.54. The van der Waals surface area contributed by atoms with E-state index in [0.717, 1.165) is 22.6 Å². The standard InChI is InChI=1S/C7H10BrN3S/c8-6-3-12-7(11-6)10-5-1-4(9)2-5/h3-5H,1-2,9H2,(H,10,11). The van der Waals surface area contributed by atoms with Crippen LogP contribution in [0.2, 0.25) is 0 Å². The Labute approximate surface area is 83.5 Å². The van der Waals surface area contributed by atoms with Gasteiger partial charge in [-0.3, -0.25) is 0 Å². The SMILES string of the molecule is NC1CC(Nc2nc(Br)cs2)C1.